The molecule has 0 saturated carbocycles. The summed E-state index contributed by atoms with van der Waals surface area (Å²) >= 11 is 6.09. The second-order valence-corrected chi connectivity index (χ2v) is 5.87. The number of esters is 1. The molecule has 3 aromatic rings. The van der Waals surface area contributed by atoms with E-state index in [0.29, 0.717) is 5.69 Å². The summed E-state index contributed by atoms with van der Waals surface area (Å²) in [4.78, 5) is 28.0. The average molecular weight is 355 g/mol. The number of hydrogen-bond acceptors (Lipinski definition) is 4. The Kier molecular flexibility index (Phi) is 4.95. The van der Waals surface area contributed by atoms with Gasteiger partial charge in [0.15, 0.2) is 12.3 Å². The molecule has 0 saturated heterocycles. The third-order valence-electron chi connectivity index (χ3n) is 3.57. The lowest BCUT2D eigenvalue weighted by Gasteiger charge is -2.08. The SMILES string of the molecule is Cc1ccc(NC(=O)COC(=O)c2cc3ccccc3c(Cl)n2)cc1. The molecule has 0 spiro atoms. The van der Waals surface area contributed by atoms with Crippen molar-refractivity contribution in [2.45, 2.75) is 6.92 Å². The Balaban J connectivity index is 1.64. The zero-order chi connectivity index (χ0) is 17.8. The molecule has 0 aliphatic carbocycles. The maximum atomic E-state index is 12.1. The van der Waals surface area contributed by atoms with Gasteiger partial charge in [-0.3, -0.25) is 4.79 Å². The first-order chi connectivity index (χ1) is 12.0. The number of rotatable bonds is 4. The Labute approximate surface area is 149 Å². The second-order valence-electron chi connectivity index (χ2n) is 5.51. The van der Waals surface area contributed by atoms with Crippen molar-refractivity contribution in [2.24, 2.45) is 0 Å². The monoisotopic (exact) mass is 354 g/mol. The lowest BCUT2D eigenvalue weighted by atomic mass is 10.1. The molecule has 2 aromatic carbocycles. The molecule has 0 radical (unpaired) electrons. The number of anilines is 1. The maximum Gasteiger partial charge on any atom is 0.357 e. The maximum absolute atomic E-state index is 12.1. The number of aromatic nitrogens is 1. The molecular formula is C19H15ClN2O3. The van der Waals surface area contributed by atoms with Crippen molar-refractivity contribution >= 4 is 39.9 Å². The molecule has 0 aliphatic rings. The fourth-order valence-corrected chi connectivity index (χ4v) is 2.56. The van der Waals surface area contributed by atoms with Gasteiger partial charge in [-0.1, -0.05) is 53.6 Å². The molecule has 1 N–H and O–H groups in total. The third kappa shape index (κ3) is 4.14. The van der Waals surface area contributed by atoms with Crippen molar-refractivity contribution in [3.8, 4) is 0 Å². The molecule has 126 valence electrons. The number of nitrogens with one attached hydrogen (secondary N) is 1. The fraction of sp³-hybridized carbons (Fsp3) is 0.105. The standard InChI is InChI=1S/C19H15ClN2O3/c1-12-6-8-14(9-7-12)21-17(23)11-25-19(24)16-10-13-4-2-3-5-15(13)18(20)22-16/h2-10H,11H2,1H3,(H,21,23). The molecule has 0 bridgehead atoms. The minimum atomic E-state index is -0.702. The number of carbonyl (C=O) groups excluding carboxylic acids is 2. The number of fused-ring (bicyclic) bond motifs is 1. The average Bonchev–Trinajstić information content (AvgIpc) is 2.61. The van der Waals surface area contributed by atoms with E-state index in [1.54, 1.807) is 18.2 Å². The topological polar surface area (TPSA) is 68.3 Å². The van der Waals surface area contributed by atoms with E-state index in [4.69, 9.17) is 16.3 Å². The van der Waals surface area contributed by atoms with Crippen LogP contribution in [0.15, 0.2) is 54.6 Å². The summed E-state index contributed by atoms with van der Waals surface area (Å²) in [7, 11) is 0. The van der Waals surface area contributed by atoms with Gasteiger partial charge in [0.05, 0.1) is 0 Å². The zero-order valence-electron chi connectivity index (χ0n) is 13.5. The summed E-state index contributed by atoms with van der Waals surface area (Å²) in [6.07, 6.45) is 0. The molecule has 25 heavy (non-hydrogen) atoms. The van der Waals surface area contributed by atoms with Gasteiger partial charge in [-0.2, -0.15) is 0 Å². The van der Waals surface area contributed by atoms with E-state index in [0.717, 1.165) is 16.3 Å². The Hall–Kier alpha value is -2.92. The normalized spacial score (nSPS) is 10.5. The van der Waals surface area contributed by atoms with Crippen molar-refractivity contribution in [3.05, 3.63) is 71.0 Å². The molecule has 5 nitrogen and oxygen atoms in total. The summed E-state index contributed by atoms with van der Waals surface area (Å²) in [6, 6.07) is 16.2. The lowest BCUT2D eigenvalue weighted by molar-refractivity contribution is -0.119. The van der Waals surface area contributed by atoms with Crippen molar-refractivity contribution in [1.82, 2.24) is 4.98 Å². The molecule has 1 aromatic heterocycles. The van der Waals surface area contributed by atoms with Crippen LogP contribution in [0.25, 0.3) is 10.8 Å². The Bertz CT molecular complexity index is 939. The summed E-state index contributed by atoms with van der Waals surface area (Å²) in [5.41, 5.74) is 1.79. The van der Waals surface area contributed by atoms with Crippen LogP contribution in [-0.4, -0.2) is 23.5 Å². The van der Waals surface area contributed by atoms with Crippen LogP contribution in [0.3, 0.4) is 0 Å². The van der Waals surface area contributed by atoms with E-state index >= 15 is 0 Å². The number of hydrogen-bond donors (Lipinski definition) is 1. The van der Waals surface area contributed by atoms with Crippen LogP contribution >= 0.6 is 11.6 Å². The molecule has 0 atom stereocenters. The van der Waals surface area contributed by atoms with Crippen molar-refractivity contribution in [2.75, 3.05) is 11.9 Å². The highest BCUT2D eigenvalue weighted by Crippen LogP contribution is 2.22. The smallest absolute Gasteiger partial charge is 0.357 e. The number of amides is 1. The van der Waals surface area contributed by atoms with Crippen LogP contribution in [0.4, 0.5) is 5.69 Å². The number of pyridine rings is 1. The minimum Gasteiger partial charge on any atom is -0.451 e. The van der Waals surface area contributed by atoms with E-state index in [-0.39, 0.29) is 10.8 Å². The van der Waals surface area contributed by atoms with Gasteiger partial charge < -0.3 is 10.1 Å². The van der Waals surface area contributed by atoms with E-state index < -0.39 is 18.5 Å². The summed E-state index contributed by atoms with van der Waals surface area (Å²) in [5.74, 6) is -1.13. The summed E-state index contributed by atoms with van der Waals surface area (Å²) in [5, 5.41) is 4.40. The van der Waals surface area contributed by atoms with Crippen molar-refractivity contribution in [3.63, 3.8) is 0 Å². The lowest BCUT2D eigenvalue weighted by Crippen LogP contribution is -2.21. The van der Waals surface area contributed by atoms with E-state index in [1.165, 1.54) is 0 Å². The Morgan fingerprint density at radius 3 is 2.60 bits per heavy atom. The van der Waals surface area contributed by atoms with Gasteiger partial charge in [0.1, 0.15) is 5.15 Å². The highest BCUT2D eigenvalue weighted by molar-refractivity contribution is 6.34. The van der Waals surface area contributed by atoms with E-state index in [2.05, 4.69) is 10.3 Å². The Morgan fingerprint density at radius 2 is 1.84 bits per heavy atom. The molecule has 3 rings (SSSR count). The molecule has 6 heteroatoms. The van der Waals surface area contributed by atoms with Gasteiger partial charge in [0, 0.05) is 11.1 Å². The molecule has 0 aliphatic heterocycles. The quantitative estimate of drug-likeness (QED) is 0.568. The second kappa shape index (κ2) is 7.32. The number of halogens is 1. The number of benzene rings is 2. The number of carbonyl (C=O) groups is 2. The molecule has 1 amide bonds. The highest BCUT2D eigenvalue weighted by atomic mass is 35.5. The van der Waals surface area contributed by atoms with Gasteiger partial charge in [-0.25, -0.2) is 9.78 Å². The van der Waals surface area contributed by atoms with E-state index in [1.807, 2.05) is 43.3 Å². The highest BCUT2D eigenvalue weighted by Gasteiger charge is 2.14. The minimum absolute atomic E-state index is 0.0619. The van der Waals surface area contributed by atoms with Gasteiger partial charge in [-0.05, 0) is 30.5 Å². The molecular weight excluding hydrogens is 340 g/mol. The predicted molar refractivity (Wildman–Crippen MR) is 96.8 cm³/mol. The summed E-state index contributed by atoms with van der Waals surface area (Å²) in [6.45, 7) is 1.55. The largest absolute Gasteiger partial charge is 0.451 e. The van der Waals surface area contributed by atoms with Crippen LogP contribution in [0.5, 0.6) is 0 Å². The van der Waals surface area contributed by atoms with Crippen molar-refractivity contribution < 1.29 is 14.3 Å². The molecule has 0 unspecified atom stereocenters. The molecule has 0 fully saturated rings. The molecule has 1 heterocycles. The third-order valence-corrected chi connectivity index (χ3v) is 3.86. The first kappa shape index (κ1) is 16.9. The van der Waals surface area contributed by atoms with Crippen LogP contribution in [-0.2, 0) is 9.53 Å². The number of nitrogens with zero attached hydrogens (tertiary/aromatic N) is 1. The van der Waals surface area contributed by atoms with Crippen LogP contribution < -0.4 is 5.32 Å². The first-order valence-electron chi connectivity index (χ1n) is 7.62. The first-order valence-corrected chi connectivity index (χ1v) is 7.99. The van der Waals surface area contributed by atoms with Gasteiger partial charge in [-0.15, -0.1) is 0 Å². The number of aryl methyl sites for hydroxylation is 1. The summed E-state index contributed by atoms with van der Waals surface area (Å²) < 4.78 is 5.02. The zero-order valence-corrected chi connectivity index (χ0v) is 14.2. The van der Waals surface area contributed by atoms with Crippen molar-refractivity contribution in [1.29, 1.82) is 0 Å². The van der Waals surface area contributed by atoms with Crippen LogP contribution in [0.1, 0.15) is 16.1 Å². The Morgan fingerprint density at radius 1 is 1.12 bits per heavy atom. The van der Waals surface area contributed by atoms with Gasteiger partial charge in [0.25, 0.3) is 5.91 Å². The number of ether oxygens (including phenoxy) is 1. The predicted octanol–water partition coefficient (Wildman–Crippen LogP) is 3.99. The van der Waals surface area contributed by atoms with Crippen LogP contribution in [0, 0.1) is 6.92 Å². The fourth-order valence-electron chi connectivity index (χ4n) is 2.30. The van der Waals surface area contributed by atoms with Crippen LogP contribution in [0.2, 0.25) is 5.15 Å². The van der Waals surface area contributed by atoms with Gasteiger partial charge in [0.2, 0.25) is 0 Å². The van der Waals surface area contributed by atoms with Gasteiger partial charge >= 0.3 is 5.97 Å². The van der Waals surface area contributed by atoms with E-state index in [9.17, 15) is 9.59 Å².